The van der Waals surface area contributed by atoms with Crippen LogP contribution in [-0.2, 0) is 0 Å². The standard InChI is InChI=1S/C26H24N2O5/c1-27(17-8-6-5-7-9-17)26(30)21-16-28(18-10-13-23(32-3)24(14-18)33-4)22-12-11-19(31-2)15-20(22)25(21)29/h5-16H,1-4H3. The first kappa shape index (κ1) is 22.0. The molecule has 0 saturated carbocycles. The molecule has 7 nitrogen and oxygen atoms in total. The van der Waals surface area contributed by atoms with E-state index in [1.807, 2.05) is 36.4 Å². The molecular weight excluding hydrogens is 420 g/mol. The van der Waals surface area contributed by atoms with E-state index in [4.69, 9.17) is 14.2 Å². The van der Waals surface area contributed by atoms with Gasteiger partial charge in [0.2, 0.25) is 5.43 Å². The van der Waals surface area contributed by atoms with Gasteiger partial charge in [-0.3, -0.25) is 9.59 Å². The van der Waals surface area contributed by atoms with Crippen LogP contribution in [0.4, 0.5) is 5.69 Å². The summed E-state index contributed by atoms with van der Waals surface area (Å²) >= 11 is 0. The molecule has 0 bridgehead atoms. The Labute approximate surface area is 191 Å². The molecule has 1 amide bonds. The molecule has 0 radical (unpaired) electrons. The summed E-state index contributed by atoms with van der Waals surface area (Å²) in [7, 11) is 6.30. The number of rotatable bonds is 6. The number of nitrogens with zero attached hydrogens (tertiary/aromatic N) is 2. The fraction of sp³-hybridized carbons (Fsp3) is 0.154. The topological polar surface area (TPSA) is 70.0 Å². The molecule has 0 aliphatic heterocycles. The maximum Gasteiger partial charge on any atom is 0.263 e. The van der Waals surface area contributed by atoms with E-state index < -0.39 is 5.91 Å². The van der Waals surface area contributed by atoms with Crippen LogP contribution >= 0.6 is 0 Å². The first-order chi connectivity index (χ1) is 16.0. The van der Waals surface area contributed by atoms with Crippen molar-refractivity contribution in [3.63, 3.8) is 0 Å². The number of amides is 1. The quantitative estimate of drug-likeness (QED) is 0.444. The van der Waals surface area contributed by atoms with Gasteiger partial charge < -0.3 is 23.7 Å². The van der Waals surface area contributed by atoms with Crippen molar-refractivity contribution in [2.75, 3.05) is 33.3 Å². The SMILES string of the molecule is COc1ccc2c(c1)c(=O)c(C(=O)N(C)c1ccccc1)cn2-c1ccc(OC)c(OC)c1. The monoisotopic (exact) mass is 444 g/mol. The molecule has 4 aromatic rings. The minimum absolute atomic E-state index is 0.0388. The van der Waals surface area contributed by atoms with Crippen LogP contribution in [0.5, 0.6) is 17.2 Å². The van der Waals surface area contributed by atoms with Crippen LogP contribution in [-0.4, -0.2) is 38.9 Å². The molecule has 0 atom stereocenters. The fourth-order valence-electron chi connectivity index (χ4n) is 3.73. The van der Waals surface area contributed by atoms with E-state index in [1.54, 1.807) is 62.4 Å². The number of methoxy groups -OCH3 is 3. The van der Waals surface area contributed by atoms with Crippen molar-refractivity contribution in [2.24, 2.45) is 0 Å². The molecule has 1 aromatic heterocycles. The molecule has 0 unspecified atom stereocenters. The van der Waals surface area contributed by atoms with Gasteiger partial charge >= 0.3 is 0 Å². The van der Waals surface area contributed by atoms with Gasteiger partial charge in [0, 0.05) is 30.7 Å². The van der Waals surface area contributed by atoms with Crippen molar-refractivity contribution in [2.45, 2.75) is 0 Å². The van der Waals surface area contributed by atoms with Crippen LogP contribution in [0.3, 0.4) is 0 Å². The number of carbonyl (C=O) groups excluding carboxylic acids is 1. The Balaban J connectivity index is 1.96. The average molecular weight is 444 g/mol. The van der Waals surface area contributed by atoms with E-state index >= 15 is 0 Å². The number of benzene rings is 3. The third kappa shape index (κ3) is 4.01. The highest BCUT2D eigenvalue weighted by Gasteiger charge is 2.21. The highest BCUT2D eigenvalue weighted by molar-refractivity contribution is 6.07. The maximum absolute atomic E-state index is 13.4. The van der Waals surface area contributed by atoms with E-state index in [0.29, 0.717) is 39.5 Å². The van der Waals surface area contributed by atoms with Gasteiger partial charge in [0.25, 0.3) is 5.91 Å². The Morgan fingerprint density at radius 3 is 2.24 bits per heavy atom. The lowest BCUT2D eigenvalue weighted by molar-refractivity contribution is 0.0991. The zero-order valence-electron chi connectivity index (χ0n) is 18.9. The van der Waals surface area contributed by atoms with Crippen LogP contribution in [0.25, 0.3) is 16.6 Å². The number of para-hydroxylation sites is 1. The number of hydrogen-bond donors (Lipinski definition) is 0. The number of hydrogen-bond acceptors (Lipinski definition) is 5. The third-order valence-electron chi connectivity index (χ3n) is 5.53. The third-order valence-corrected chi connectivity index (χ3v) is 5.53. The zero-order chi connectivity index (χ0) is 23.5. The molecule has 7 heteroatoms. The Morgan fingerprint density at radius 2 is 1.58 bits per heavy atom. The van der Waals surface area contributed by atoms with Gasteiger partial charge in [0.05, 0.1) is 32.2 Å². The molecular formula is C26H24N2O5. The Hall–Kier alpha value is -4.26. The van der Waals surface area contributed by atoms with Crippen LogP contribution in [0.15, 0.2) is 77.7 Å². The van der Waals surface area contributed by atoms with Crippen molar-refractivity contribution < 1.29 is 19.0 Å². The summed E-state index contributed by atoms with van der Waals surface area (Å²) in [5.74, 6) is 1.22. The van der Waals surface area contributed by atoms with Crippen molar-refractivity contribution in [3.8, 4) is 22.9 Å². The second-order valence-electron chi connectivity index (χ2n) is 7.36. The Bertz CT molecular complexity index is 1380. The van der Waals surface area contributed by atoms with Crippen molar-refractivity contribution in [3.05, 3.63) is 88.7 Å². The summed E-state index contributed by atoms with van der Waals surface area (Å²) in [5, 5.41) is 0.372. The highest BCUT2D eigenvalue weighted by atomic mass is 16.5. The first-order valence-corrected chi connectivity index (χ1v) is 10.3. The summed E-state index contributed by atoms with van der Waals surface area (Å²) in [4.78, 5) is 28.3. The number of carbonyl (C=O) groups is 1. The summed E-state index contributed by atoms with van der Waals surface area (Å²) < 4.78 is 17.9. The maximum atomic E-state index is 13.4. The number of fused-ring (bicyclic) bond motifs is 1. The summed E-state index contributed by atoms with van der Waals surface area (Å²) in [6.45, 7) is 0. The molecule has 1 heterocycles. The number of anilines is 1. The van der Waals surface area contributed by atoms with Crippen LogP contribution in [0.1, 0.15) is 10.4 Å². The predicted molar refractivity (Wildman–Crippen MR) is 128 cm³/mol. The summed E-state index contributed by atoms with van der Waals surface area (Å²) in [6.07, 6.45) is 1.57. The van der Waals surface area contributed by atoms with Gasteiger partial charge in [-0.05, 0) is 42.5 Å². The van der Waals surface area contributed by atoms with Gasteiger partial charge in [-0.25, -0.2) is 0 Å². The minimum Gasteiger partial charge on any atom is -0.497 e. The fourth-order valence-corrected chi connectivity index (χ4v) is 3.73. The van der Waals surface area contributed by atoms with E-state index in [2.05, 4.69) is 0 Å². The largest absolute Gasteiger partial charge is 0.497 e. The zero-order valence-corrected chi connectivity index (χ0v) is 18.9. The minimum atomic E-state index is -0.412. The second kappa shape index (κ2) is 9.08. The molecule has 0 spiro atoms. The van der Waals surface area contributed by atoms with Crippen LogP contribution < -0.4 is 24.5 Å². The average Bonchev–Trinajstić information content (AvgIpc) is 2.88. The van der Waals surface area contributed by atoms with E-state index in [1.165, 1.54) is 12.0 Å². The van der Waals surface area contributed by atoms with Gasteiger partial charge in [0.1, 0.15) is 11.3 Å². The summed E-state index contributed by atoms with van der Waals surface area (Å²) in [5.41, 5.74) is 1.70. The molecule has 0 aliphatic rings. The number of pyridine rings is 1. The molecule has 3 aromatic carbocycles. The smallest absolute Gasteiger partial charge is 0.263 e. The van der Waals surface area contributed by atoms with Crippen LogP contribution in [0, 0.1) is 0 Å². The number of ether oxygens (including phenoxy) is 3. The first-order valence-electron chi connectivity index (χ1n) is 10.3. The molecule has 0 fully saturated rings. The molecule has 0 saturated heterocycles. The van der Waals surface area contributed by atoms with E-state index in [0.717, 1.165) is 0 Å². The molecule has 168 valence electrons. The second-order valence-corrected chi connectivity index (χ2v) is 7.36. The van der Waals surface area contributed by atoms with Gasteiger partial charge in [-0.1, -0.05) is 18.2 Å². The van der Waals surface area contributed by atoms with Crippen molar-refractivity contribution in [1.82, 2.24) is 4.57 Å². The van der Waals surface area contributed by atoms with E-state index in [9.17, 15) is 9.59 Å². The highest BCUT2D eigenvalue weighted by Crippen LogP contribution is 2.31. The van der Waals surface area contributed by atoms with Gasteiger partial charge in [0.15, 0.2) is 11.5 Å². The Morgan fingerprint density at radius 1 is 0.848 bits per heavy atom. The van der Waals surface area contributed by atoms with Crippen molar-refractivity contribution >= 4 is 22.5 Å². The van der Waals surface area contributed by atoms with Crippen molar-refractivity contribution in [1.29, 1.82) is 0 Å². The van der Waals surface area contributed by atoms with E-state index in [-0.39, 0.29) is 11.0 Å². The number of aromatic nitrogens is 1. The lowest BCUT2D eigenvalue weighted by atomic mass is 10.1. The van der Waals surface area contributed by atoms with Crippen LogP contribution in [0.2, 0.25) is 0 Å². The molecule has 0 N–H and O–H groups in total. The lowest BCUT2D eigenvalue weighted by Gasteiger charge is -2.20. The molecule has 4 rings (SSSR count). The summed E-state index contributed by atoms with van der Waals surface area (Å²) in [6, 6.07) is 19.8. The Kier molecular flexibility index (Phi) is 6.04. The predicted octanol–water partition coefficient (Wildman–Crippen LogP) is 4.29. The van der Waals surface area contributed by atoms with Gasteiger partial charge in [-0.2, -0.15) is 0 Å². The normalized spacial score (nSPS) is 10.7. The van der Waals surface area contributed by atoms with Gasteiger partial charge in [-0.15, -0.1) is 0 Å². The lowest BCUT2D eigenvalue weighted by Crippen LogP contribution is -2.31. The molecule has 33 heavy (non-hydrogen) atoms. The molecule has 0 aliphatic carbocycles.